The molecule has 0 unspecified atom stereocenters. The summed E-state index contributed by atoms with van der Waals surface area (Å²) in [4.78, 5) is 29.0. The van der Waals surface area contributed by atoms with E-state index in [1.165, 1.54) is 12.1 Å². The van der Waals surface area contributed by atoms with Crippen molar-refractivity contribution in [2.24, 2.45) is 0 Å². The summed E-state index contributed by atoms with van der Waals surface area (Å²) in [6.07, 6.45) is 0.824. The fourth-order valence-corrected chi connectivity index (χ4v) is 3.67. The molecular formula is C25H24FN3O3. The Balaban J connectivity index is 1.42. The topological polar surface area (TPSA) is 61.9 Å². The van der Waals surface area contributed by atoms with Gasteiger partial charge in [0.2, 0.25) is 0 Å². The van der Waals surface area contributed by atoms with Gasteiger partial charge in [-0.25, -0.2) is 9.18 Å². The molecule has 164 valence electrons. The third kappa shape index (κ3) is 4.88. The first-order chi connectivity index (χ1) is 15.5. The van der Waals surface area contributed by atoms with Gasteiger partial charge < -0.3 is 15.0 Å². The van der Waals surface area contributed by atoms with E-state index in [2.05, 4.69) is 5.32 Å². The molecule has 1 aliphatic heterocycles. The average Bonchev–Trinajstić information content (AvgIpc) is 2.82. The molecule has 1 saturated heterocycles. The fraction of sp³-hybridized carbons (Fsp3) is 0.200. The van der Waals surface area contributed by atoms with Gasteiger partial charge >= 0.3 is 6.03 Å². The van der Waals surface area contributed by atoms with Gasteiger partial charge in [0.25, 0.3) is 5.91 Å². The maximum atomic E-state index is 13.1. The molecule has 1 heterocycles. The molecule has 1 fully saturated rings. The minimum Gasteiger partial charge on any atom is -0.497 e. The number of carbonyl (C=O) groups excluding carboxylic acids is 2. The molecule has 0 atom stereocenters. The van der Waals surface area contributed by atoms with Crippen molar-refractivity contribution in [3.63, 3.8) is 0 Å². The Morgan fingerprint density at radius 2 is 1.78 bits per heavy atom. The lowest BCUT2D eigenvalue weighted by atomic mass is 10.1. The highest BCUT2D eigenvalue weighted by molar-refractivity contribution is 6.04. The lowest BCUT2D eigenvalue weighted by molar-refractivity contribution is 0.102. The molecular weight excluding hydrogens is 409 g/mol. The van der Waals surface area contributed by atoms with Crippen LogP contribution in [0.1, 0.15) is 22.3 Å². The Labute approximate surface area is 186 Å². The Bertz CT molecular complexity index is 1100. The van der Waals surface area contributed by atoms with Crippen LogP contribution >= 0.6 is 0 Å². The van der Waals surface area contributed by atoms with Gasteiger partial charge in [-0.3, -0.25) is 9.69 Å². The molecule has 0 aromatic heterocycles. The van der Waals surface area contributed by atoms with E-state index >= 15 is 0 Å². The van der Waals surface area contributed by atoms with Gasteiger partial charge in [0.05, 0.1) is 7.11 Å². The summed E-state index contributed by atoms with van der Waals surface area (Å²) in [5.74, 6) is 0.121. The van der Waals surface area contributed by atoms with Gasteiger partial charge in [-0.15, -0.1) is 0 Å². The number of benzene rings is 3. The number of rotatable bonds is 6. The van der Waals surface area contributed by atoms with Crippen LogP contribution < -0.4 is 15.0 Å². The number of nitrogens with one attached hydrogen (secondary N) is 1. The molecule has 6 nitrogen and oxygen atoms in total. The summed E-state index contributed by atoms with van der Waals surface area (Å²) in [6.45, 7) is 1.68. The molecule has 1 N–H and O–H groups in total. The Hall–Kier alpha value is -3.87. The van der Waals surface area contributed by atoms with Crippen LogP contribution in [0, 0.1) is 5.82 Å². The van der Waals surface area contributed by atoms with Crippen molar-refractivity contribution in [1.82, 2.24) is 4.90 Å². The fourth-order valence-electron chi connectivity index (χ4n) is 3.67. The highest BCUT2D eigenvalue weighted by Gasteiger charge is 2.27. The summed E-state index contributed by atoms with van der Waals surface area (Å²) in [5, 5.41) is 2.84. The second-order valence-corrected chi connectivity index (χ2v) is 7.57. The Morgan fingerprint density at radius 3 is 2.50 bits per heavy atom. The molecule has 0 radical (unpaired) electrons. The van der Waals surface area contributed by atoms with Crippen LogP contribution in [0.5, 0.6) is 5.75 Å². The van der Waals surface area contributed by atoms with Gasteiger partial charge in [0.1, 0.15) is 11.6 Å². The number of nitrogens with zero attached hydrogens (tertiary/aromatic N) is 2. The minimum absolute atomic E-state index is 0.103. The molecule has 3 amide bonds. The van der Waals surface area contributed by atoms with E-state index in [1.54, 1.807) is 77.6 Å². The van der Waals surface area contributed by atoms with Gasteiger partial charge in [0, 0.05) is 42.6 Å². The lowest BCUT2D eigenvalue weighted by Gasteiger charge is -2.35. The van der Waals surface area contributed by atoms with E-state index < -0.39 is 0 Å². The lowest BCUT2D eigenvalue weighted by Crippen LogP contribution is -2.49. The number of amides is 3. The first-order valence-electron chi connectivity index (χ1n) is 10.4. The van der Waals surface area contributed by atoms with E-state index in [0.717, 1.165) is 17.7 Å². The van der Waals surface area contributed by atoms with Crippen LogP contribution in [0.3, 0.4) is 0 Å². The van der Waals surface area contributed by atoms with Gasteiger partial charge in [-0.1, -0.05) is 18.2 Å². The van der Waals surface area contributed by atoms with Crippen molar-refractivity contribution in [2.75, 3.05) is 30.4 Å². The summed E-state index contributed by atoms with van der Waals surface area (Å²) >= 11 is 0. The van der Waals surface area contributed by atoms with E-state index in [-0.39, 0.29) is 17.8 Å². The average molecular weight is 433 g/mol. The molecule has 0 spiro atoms. The van der Waals surface area contributed by atoms with Crippen LogP contribution in [0.2, 0.25) is 0 Å². The Kier molecular flexibility index (Phi) is 6.35. The predicted octanol–water partition coefficient (Wildman–Crippen LogP) is 4.92. The van der Waals surface area contributed by atoms with Gasteiger partial charge in [-0.05, 0) is 60.5 Å². The maximum absolute atomic E-state index is 13.1. The maximum Gasteiger partial charge on any atom is 0.324 e. The number of ether oxygens (including phenoxy) is 1. The quantitative estimate of drug-likeness (QED) is 0.600. The number of carbonyl (C=O) groups is 2. The standard InChI is InChI=1S/C25H24FN3O3/c1-32-23-5-2-4-21(16-23)27-24(30)19-8-12-22(13-9-19)29-15-3-14-28(25(29)31)17-18-6-10-20(26)11-7-18/h2,4-13,16H,3,14-15,17H2,1H3,(H,27,30). The largest absolute Gasteiger partial charge is 0.497 e. The van der Waals surface area contributed by atoms with Crippen LogP contribution in [-0.4, -0.2) is 37.0 Å². The van der Waals surface area contributed by atoms with Crippen molar-refractivity contribution in [3.05, 3.63) is 89.7 Å². The Morgan fingerprint density at radius 1 is 1.03 bits per heavy atom. The molecule has 3 aromatic rings. The number of methoxy groups -OCH3 is 1. The first kappa shape index (κ1) is 21.4. The van der Waals surface area contributed by atoms with Crippen molar-refractivity contribution in [2.45, 2.75) is 13.0 Å². The van der Waals surface area contributed by atoms with Crippen molar-refractivity contribution in [1.29, 1.82) is 0 Å². The highest BCUT2D eigenvalue weighted by atomic mass is 19.1. The summed E-state index contributed by atoms with van der Waals surface area (Å²) in [7, 11) is 1.57. The number of hydrogen-bond donors (Lipinski definition) is 1. The van der Waals surface area contributed by atoms with Crippen molar-refractivity contribution < 1.29 is 18.7 Å². The molecule has 32 heavy (non-hydrogen) atoms. The second kappa shape index (κ2) is 9.51. The van der Waals surface area contributed by atoms with Crippen LogP contribution in [0.4, 0.5) is 20.6 Å². The van der Waals surface area contributed by atoms with Crippen LogP contribution in [0.25, 0.3) is 0 Å². The van der Waals surface area contributed by atoms with Crippen molar-refractivity contribution >= 4 is 23.3 Å². The van der Waals surface area contributed by atoms with Crippen LogP contribution in [-0.2, 0) is 6.54 Å². The molecule has 0 aliphatic carbocycles. The van der Waals surface area contributed by atoms with E-state index in [4.69, 9.17) is 4.74 Å². The van der Waals surface area contributed by atoms with Gasteiger partial charge in [0.15, 0.2) is 0 Å². The van der Waals surface area contributed by atoms with Crippen LogP contribution in [0.15, 0.2) is 72.8 Å². The zero-order valence-corrected chi connectivity index (χ0v) is 17.8. The van der Waals surface area contributed by atoms with Gasteiger partial charge in [-0.2, -0.15) is 0 Å². The summed E-state index contributed by atoms with van der Waals surface area (Å²) in [6, 6.07) is 20.2. The smallest absolute Gasteiger partial charge is 0.324 e. The minimum atomic E-state index is -0.295. The predicted molar refractivity (Wildman–Crippen MR) is 122 cm³/mol. The number of hydrogen-bond acceptors (Lipinski definition) is 3. The molecule has 3 aromatic carbocycles. The summed E-state index contributed by atoms with van der Waals surface area (Å²) < 4.78 is 18.3. The van der Waals surface area contributed by atoms with E-state index in [9.17, 15) is 14.0 Å². The third-order valence-electron chi connectivity index (χ3n) is 5.37. The highest BCUT2D eigenvalue weighted by Crippen LogP contribution is 2.23. The zero-order chi connectivity index (χ0) is 22.5. The normalized spacial score (nSPS) is 13.8. The number of halogens is 1. The zero-order valence-electron chi connectivity index (χ0n) is 17.8. The first-order valence-corrected chi connectivity index (χ1v) is 10.4. The molecule has 7 heteroatoms. The number of urea groups is 1. The van der Waals surface area contributed by atoms with Crippen molar-refractivity contribution in [3.8, 4) is 5.75 Å². The second-order valence-electron chi connectivity index (χ2n) is 7.57. The molecule has 0 bridgehead atoms. The summed E-state index contributed by atoms with van der Waals surface area (Å²) in [5.41, 5.74) is 2.74. The molecule has 4 rings (SSSR count). The monoisotopic (exact) mass is 433 g/mol. The third-order valence-corrected chi connectivity index (χ3v) is 5.37. The molecule has 1 aliphatic rings. The molecule has 0 saturated carbocycles. The van der Waals surface area contributed by atoms with E-state index in [1.807, 2.05) is 0 Å². The van der Waals surface area contributed by atoms with E-state index in [0.29, 0.717) is 36.6 Å². The SMILES string of the molecule is COc1cccc(NC(=O)c2ccc(N3CCCN(Cc4ccc(F)cc4)C3=O)cc2)c1. The number of anilines is 2.